The molecule has 0 spiro atoms. The molecular formula is C16H28BrNO2. The molecule has 2 rings (SSSR count). The Balaban J connectivity index is 0.00000200. The molecule has 0 aromatic rings. The van der Waals surface area contributed by atoms with Crippen LogP contribution in [0, 0.1) is 5.92 Å². The Morgan fingerprint density at radius 2 is 1.95 bits per heavy atom. The number of fused-ring (bicyclic) bond motifs is 1. The number of halogens is 1. The summed E-state index contributed by atoms with van der Waals surface area (Å²) >= 11 is 0. The molecule has 0 N–H and O–H groups in total. The van der Waals surface area contributed by atoms with Gasteiger partial charge in [-0.3, -0.25) is 0 Å². The molecular weight excluding hydrogens is 318 g/mol. The molecule has 2 saturated heterocycles. The third kappa shape index (κ3) is 3.64. The highest BCUT2D eigenvalue weighted by Crippen LogP contribution is 2.37. The lowest BCUT2D eigenvalue weighted by molar-refractivity contribution is -0.962. The average Bonchev–Trinajstić information content (AvgIpc) is 2.44. The molecule has 20 heavy (non-hydrogen) atoms. The predicted molar refractivity (Wildman–Crippen MR) is 76.7 cm³/mol. The van der Waals surface area contributed by atoms with Crippen molar-refractivity contribution < 1.29 is 31.0 Å². The maximum Gasteiger partial charge on any atom is 0.333 e. The molecule has 2 aliphatic heterocycles. The van der Waals surface area contributed by atoms with E-state index in [0.29, 0.717) is 24.1 Å². The van der Waals surface area contributed by atoms with Crippen LogP contribution in [-0.2, 0) is 9.53 Å². The molecule has 2 heterocycles. The highest BCUT2D eigenvalue weighted by atomic mass is 79.9. The third-order valence-electron chi connectivity index (χ3n) is 5.19. The van der Waals surface area contributed by atoms with Gasteiger partial charge in [0.05, 0.1) is 25.7 Å². The summed E-state index contributed by atoms with van der Waals surface area (Å²) in [4.78, 5) is 11.6. The van der Waals surface area contributed by atoms with Gasteiger partial charge in [-0.1, -0.05) is 6.58 Å². The minimum absolute atomic E-state index is 0. The highest BCUT2D eigenvalue weighted by Gasteiger charge is 2.45. The number of carbonyl (C=O) groups is 1. The Hall–Kier alpha value is -0.350. The van der Waals surface area contributed by atoms with E-state index in [2.05, 4.69) is 13.5 Å². The van der Waals surface area contributed by atoms with Crippen LogP contribution in [0.25, 0.3) is 0 Å². The van der Waals surface area contributed by atoms with E-state index in [-0.39, 0.29) is 23.0 Å². The number of piperidine rings is 2. The van der Waals surface area contributed by atoms with Crippen LogP contribution in [-0.4, -0.2) is 42.7 Å². The number of hydrogen-bond acceptors (Lipinski definition) is 2. The fourth-order valence-electron chi connectivity index (χ4n) is 4.09. The van der Waals surface area contributed by atoms with Crippen LogP contribution in [0.1, 0.15) is 46.0 Å². The van der Waals surface area contributed by atoms with Gasteiger partial charge in [0, 0.05) is 17.9 Å². The number of carbonyl (C=O) groups excluding carboxylic acids is 1. The topological polar surface area (TPSA) is 26.3 Å². The van der Waals surface area contributed by atoms with E-state index in [4.69, 9.17) is 4.74 Å². The summed E-state index contributed by atoms with van der Waals surface area (Å²) in [5.41, 5.74) is 0.510. The maximum atomic E-state index is 11.6. The molecule has 0 saturated carbocycles. The van der Waals surface area contributed by atoms with Crippen molar-refractivity contribution in [2.45, 2.75) is 52.0 Å². The largest absolute Gasteiger partial charge is 1.00 e. The molecule has 0 aliphatic carbocycles. The smallest absolute Gasteiger partial charge is 0.333 e. The fraction of sp³-hybridized carbons (Fsp3) is 0.812. The fourth-order valence-corrected chi connectivity index (χ4v) is 4.09. The molecule has 3 nitrogen and oxygen atoms in total. The highest BCUT2D eigenvalue weighted by molar-refractivity contribution is 5.86. The van der Waals surface area contributed by atoms with Crippen molar-refractivity contribution in [1.29, 1.82) is 0 Å². The number of rotatable bonds is 4. The maximum absolute atomic E-state index is 11.6. The van der Waals surface area contributed by atoms with E-state index in [1.165, 1.54) is 56.2 Å². The van der Waals surface area contributed by atoms with Crippen LogP contribution in [0.5, 0.6) is 0 Å². The number of quaternary nitrogens is 1. The van der Waals surface area contributed by atoms with Gasteiger partial charge in [-0.05, 0) is 39.5 Å². The van der Waals surface area contributed by atoms with Crippen molar-refractivity contribution >= 4 is 5.97 Å². The van der Waals surface area contributed by atoms with E-state index in [0.717, 1.165) is 0 Å². The lowest BCUT2D eigenvalue weighted by atomic mass is 9.81. The molecule has 4 heteroatoms. The van der Waals surface area contributed by atoms with Crippen LogP contribution in [0.15, 0.2) is 12.2 Å². The third-order valence-corrected chi connectivity index (χ3v) is 5.19. The summed E-state index contributed by atoms with van der Waals surface area (Å²) in [5.74, 6) is 0.327. The molecule has 3 atom stereocenters. The van der Waals surface area contributed by atoms with Gasteiger partial charge in [0.2, 0.25) is 0 Å². The Kier molecular flexibility index (Phi) is 6.73. The number of hydrogen-bond donors (Lipinski definition) is 0. The first kappa shape index (κ1) is 17.7. The van der Waals surface area contributed by atoms with Gasteiger partial charge in [0.25, 0.3) is 0 Å². The Bertz CT molecular complexity index is 354. The van der Waals surface area contributed by atoms with E-state index in [1.807, 2.05) is 0 Å². The average molecular weight is 346 g/mol. The van der Waals surface area contributed by atoms with Crippen molar-refractivity contribution in [2.75, 3.05) is 26.2 Å². The first-order valence-corrected chi connectivity index (χ1v) is 7.77. The normalized spacial score (nSPS) is 32.7. The SMILES string of the molecule is C=C(C)C(=O)OCC1CCC[N+]2(CC)CCCCC12.[Br-]. The van der Waals surface area contributed by atoms with Crippen molar-refractivity contribution in [3.8, 4) is 0 Å². The van der Waals surface area contributed by atoms with Crippen molar-refractivity contribution in [3.05, 3.63) is 12.2 Å². The Morgan fingerprint density at radius 1 is 1.25 bits per heavy atom. The van der Waals surface area contributed by atoms with Gasteiger partial charge in [0.1, 0.15) is 6.61 Å². The zero-order chi connectivity index (χ0) is 13.9. The summed E-state index contributed by atoms with van der Waals surface area (Å²) in [6.45, 7) is 12.2. The lowest BCUT2D eigenvalue weighted by Crippen LogP contribution is -3.00. The van der Waals surface area contributed by atoms with Crippen molar-refractivity contribution in [3.63, 3.8) is 0 Å². The molecule has 116 valence electrons. The standard InChI is InChI=1S/C16H28NO2.BrH/c1-4-17-10-6-5-9-15(17)14(8-7-11-17)12-19-16(18)13(2)3;/h14-15H,2,4-12H2,1,3H3;1H/q+1;/p-1. The lowest BCUT2D eigenvalue weighted by Gasteiger charge is -2.53. The molecule has 3 unspecified atom stereocenters. The summed E-state index contributed by atoms with van der Waals surface area (Å²) < 4.78 is 6.71. The van der Waals surface area contributed by atoms with Crippen LogP contribution in [0.2, 0.25) is 0 Å². The Labute approximate surface area is 133 Å². The van der Waals surface area contributed by atoms with Crippen molar-refractivity contribution in [2.24, 2.45) is 5.92 Å². The minimum atomic E-state index is -0.226. The second-order valence-corrected chi connectivity index (χ2v) is 6.33. The van der Waals surface area contributed by atoms with Crippen LogP contribution in [0.3, 0.4) is 0 Å². The van der Waals surface area contributed by atoms with E-state index in [9.17, 15) is 4.79 Å². The van der Waals surface area contributed by atoms with Gasteiger partial charge < -0.3 is 26.2 Å². The summed E-state index contributed by atoms with van der Waals surface area (Å²) in [5, 5.41) is 0. The molecule has 0 aromatic carbocycles. The minimum Gasteiger partial charge on any atom is -1.00 e. The second-order valence-electron chi connectivity index (χ2n) is 6.33. The molecule has 0 radical (unpaired) electrons. The zero-order valence-electron chi connectivity index (χ0n) is 12.9. The van der Waals surface area contributed by atoms with Crippen molar-refractivity contribution in [1.82, 2.24) is 0 Å². The summed E-state index contributed by atoms with van der Waals surface area (Å²) in [6.07, 6.45) is 6.51. The van der Waals surface area contributed by atoms with Gasteiger partial charge in [-0.25, -0.2) is 4.79 Å². The quantitative estimate of drug-likeness (QED) is 0.404. The molecule has 2 aliphatic rings. The van der Waals surface area contributed by atoms with Crippen LogP contribution >= 0.6 is 0 Å². The van der Waals surface area contributed by atoms with E-state index >= 15 is 0 Å². The van der Waals surface area contributed by atoms with E-state index < -0.39 is 0 Å². The first-order chi connectivity index (χ1) is 9.09. The van der Waals surface area contributed by atoms with Crippen LogP contribution < -0.4 is 17.0 Å². The molecule has 0 bridgehead atoms. The number of ether oxygens (including phenoxy) is 1. The van der Waals surface area contributed by atoms with Gasteiger partial charge in [0.15, 0.2) is 0 Å². The summed E-state index contributed by atoms with van der Waals surface area (Å²) in [6, 6.07) is 0.713. The summed E-state index contributed by atoms with van der Waals surface area (Å²) in [7, 11) is 0. The first-order valence-electron chi connectivity index (χ1n) is 7.77. The molecule has 2 fully saturated rings. The molecule has 0 aromatic heterocycles. The van der Waals surface area contributed by atoms with Crippen LogP contribution in [0.4, 0.5) is 0 Å². The Morgan fingerprint density at radius 3 is 2.60 bits per heavy atom. The molecule has 0 amide bonds. The van der Waals surface area contributed by atoms with Gasteiger partial charge in [-0.15, -0.1) is 0 Å². The van der Waals surface area contributed by atoms with E-state index in [1.54, 1.807) is 6.92 Å². The number of esters is 1. The van der Waals surface area contributed by atoms with Gasteiger partial charge >= 0.3 is 5.97 Å². The van der Waals surface area contributed by atoms with Gasteiger partial charge in [-0.2, -0.15) is 0 Å². The zero-order valence-corrected chi connectivity index (χ0v) is 14.5. The monoisotopic (exact) mass is 345 g/mol. The number of nitrogens with zero attached hydrogens (tertiary/aromatic N) is 1. The predicted octanol–water partition coefficient (Wildman–Crippen LogP) is -0.0911. The second kappa shape index (κ2) is 7.60.